The van der Waals surface area contributed by atoms with Crippen LogP contribution < -0.4 is 5.32 Å². The zero-order valence-corrected chi connectivity index (χ0v) is 18.7. The molecule has 160 valence electrons. The molecule has 1 saturated carbocycles. The Morgan fingerprint density at radius 3 is 2.79 bits per heavy atom. The molecule has 0 saturated heterocycles. The molecule has 0 amide bonds. The van der Waals surface area contributed by atoms with Crippen molar-refractivity contribution < 1.29 is 14.6 Å². The van der Waals surface area contributed by atoms with Gasteiger partial charge in [-0.2, -0.15) is 0 Å². The van der Waals surface area contributed by atoms with Crippen molar-refractivity contribution in [2.24, 2.45) is 23.7 Å². The number of esters is 1. The van der Waals surface area contributed by atoms with Gasteiger partial charge in [0.2, 0.25) is 0 Å². The Kier molecular flexibility index (Phi) is 7.08. The maximum atomic E-state index is 11.6. The molecule has 1 fully saturated rings. The van der Waals surface area contributed by atoms with Crippen LogP contribution in [-0.4, -0.2) is 29.3 Å². The molecule has 5 heteroatoms. The molecule has 0 radical (unpaired) electrons. The molecule has 0 aliphatic heterocycles. The molecule has 1 aromatic rings. The van der Waals surface area contributed by atoms with E-state index < -0.39 is 5.60 Å². The van der Waals surface area contributed by atoms with Crippen LogP contribution in [0.3, 0.4) is 0 Å². The van der Waals surface area contributed by atoms with Crippen molar-refractivity contribution in [2.75, 3.05) is 6.54 Å². The first kappa shape index (κ1) is 22.3. The van der Waals surface area contributed by atoms with Crippen molar-refractivity contribution in [3.8, 4) is 0 Å². The lowest BCUT2D eigenvalue weighted by molar-refractivity contribution is -0.159. The van der Waals surface area contributed by atoms with Gasteiger partial charge in [0.15, 0.2) is 0 Å². The Balaban J connectivity index is 1.70. The fourth-order valence-corrected chi connectivity index (χ4v) is 5.43. The number of ether oxygens (including phenoxy) is 1. The summed E-state index contributed by atoms with van der Waals surface area (Å²) in [4.78, 5) is 11.5. The summed E-state index contributed by atoms with van der Waals surface area (Å²) in [6.45, 7) is 9.46. The van der Waals surface area contributed by atoms with Crippen molar-refractivity contribution >= 4 is 17.6 Å². The lowest BCUT2D eigenvalue weighted by Gasteiger charge is -2.53. The lowest BCUT2D eigenvalue weighted by Crippen LogP contribution is -2.56. The van der Waals surface area contributed by atoms with Crippen LogP contribution in [0.15, 0.2) is 35.9 Å². The summed E-state index contributed by atoms with van der Waals surface area (Å²) in [6.07, 6.45) is 4.46. The summed E-state index contributed by atoms with van der Waals surface area (Å²) in [5.74, 6) is 0.797. The molecule has 4 nitrogen and oxygen atoms in total. The van der Waals surface area contributed by atoms with E-state index in [2.05, 4.69) is 25.2 Å². The largest absolute Gasteiger partial charge is 0.458 e. The van der Waals surface area contributed by atoms with E-state index >= 15 is 0 Å². The predicted octanol–water partition coefficient (Wildman–Crippen LogP) is 4.74. The summed E-state index contributed by atoms with van der Waals surface area (Å²) in [5, 5.41) is 16.0. The number of rotatable bonds is 6. The SMILES string of the molecule is CC(=O)O[C@@H]1C[C@@]2(O)[C@H](C)CC[C@@H](C(C)CNCc3ccccc3Cl)[C@H]2C=C1C. The van der Waals surface area contributed by atoms with Crippen LogP contribution in [0, 0.1) is 23.7 Å². The molecule has 2 N–H and O–H groups in total. The summed E-state index contributed by atoms with van der Waals surface area (Å²) >= 11 is 6.26. The number of halogens is 1. The number of benzene rings is 1. The van der Waals surface area contributed by atoms with Crippen molar-refractivity contribution in [3.05, 3.63) is 46.5 Å². The molecular formula is C24H34ClNO3. The van der Waals surface area contributed by atoms with Crippen molar-refractivity contribution in [2.45, 2.75) is 65.2 Å². The van der Waals surface area contributed by atoms with Crippen LogP contribution in [-0.2, 0) is 16.1 Å². The van der Waals surface area contributed by atoms with Gasteiger partial charge in [-0.3, -0.25) is 4.79 Å². The van der Waals surface area contributed by atoms with Gasteiger partial charge >= 0.3 is 5.97 Å². The van der Waals surface area contributed by atoms with Crippen molar-refractivity contribution in [1.29, 1.82) is 0 Å². The molecule has 0 spiro atoms. The van der Waals surface area contributed by atoms with Gasteiger partial charge in [0.1, 0.15) is 6.10 Å². The van der Waals surface area contributed by atoms with Gasteiger partial charge in [-0.25, -0.2) is 0 Å². The average molecular weight is 420 g/mol. The number of carbonyl (C=O) groups excluding carboxylic acids is 1. The Labute approximate surface area is 179 Å². The van der Waals surface area contributed by atoms with Gasteiger partial charge in [0.05, 0.1) is 5.60 Å². The number of carbonyl (C=O) groups is 1. The molecule has 1 unspecified atom stereocenters. The van der Waals surface area contributed by atoms with Crippen molar-refractivity contribution in [1.82, 2.24) is 5.32 Å². The highest BCUT2D eigenvalue weighted by Crippen LogP contribution is 2.51. The zero-order chi connectivity index (χ0) is 21.2. The molecule has 3 rings (SSSR count). The van der Waals surface area contributed by atoms with E-state index in [4.69, 9.17) is 16.3 Å². The molecule has 1 aromatic carbocycles. The molecule has 2 aliphatic rings. The maximum absolute atomic E-state index is 11.6. The smallest absolute Gasteiger partial charge is 0.303 e. The predicted molar refractivity (Wildman–Crippen MR) is 117 cm³/mol. The van der Waals surface area contributed by atoms with Gasteiger partial charge in [-0.1, -0.05) is 49.7 Å². The second-order valence-corrected chi connectivity index (χ2v) is 9.48. The maximum Gasteiger partial charge on any atom is 0.303 e. The summed E-state index contributed by atoms with van der Waals surface area (Å²) in [6, 6.07) is 7.91. The molecule has 0 heterocycles. The number of nitrogens with one attached hydrogen (secondary N) is 1. The fraction of sp³-hybridized carbons (Fsp3) is 0.625. The third-order valence-electron chi connectivity index (χ3n) is 7.07. The second-order valence-electron chi connectivity index (χ2n) is 9.07. The standard InChI is InChI=1S/C24H34ClNO3/c1-15-11-21-20(16(2)13-26-14-19-7-5-6-8-22(19)25)10-9-17(3)24(21,28)12-23(15)29-18(4)27/h5-8,11,16-17,20-21,23,26,28H,9-10,12-14H2,1-4H3/t16?,17-,20+,21-,23-,24-/m1/s1. The minimum Gasteiger partial charge on any atom is -0.458 e. The lowest BCUT2D eigenvalue weighted by atomic mass is 9.57. The Hall–Kier alpha value is -1.36. The first-order valence-corrected chi connectivity index (χ1v) is 11.1. The third kappa shape index (κ3) is 4.87. The van der Waals surface area contributed by atoms with Gasteiger partial charge in [0, 0.05) is 30.8 Å². The Bertz CT molecular complexity index is 764. The minimum absolute atomic E-state index is 0.0928. The van der Waals surface area contributed by atoms with Crippen LogP contribution in [0.1, 0.15) is 52.5 Å². The average Bonchev–Trinajstić information content (AvgIpc) is 2.65. The molecular weight excluding hydrogens is 386 g/mol. The quantitative estimate of drug-likeness (QED) is 0.516. The number of hydrogen-bond acceptors (Lipinski definition) is 4. The van der Waals surface area contributed by atoms with E-state index in [1.54, 1.807) is 0 Å². The first-order chi connectivity index (χ1) is 13.7. The molecule has 6 atom stereocenters. The molecule has 0 aromatic heterocycles. The molecule has 2 aliphatic carbocycles. The van der Waals surface area contributed by atoms with E-state index in [1.165, 1.54) is 6.92 Å². The molecule has 29 heavy (non-hydrogen) atoms. The monoisotopic (exact) mass is 419 g/mol. The number of hydrogen-bond donors (Lipinski definition) is 2. The van der Waals surface area contributed by atoms with Gasteiger partial charge in [0.25, 0.3) is 0 Å². The van der Waals surface area contributed by atoms with E-state index in [9.17, 15) is 9.90 Å². The normalized spacial score (nSPS) is 32.8. The van der Waals surface area contributed by atoms with E-state index in [0.717, 1.165) is 42.1 Å². The van der Waals surface area contributed by atoms with E-state index in [1.807, 2.05) is 31.2 Å². The Morgan fingerprint density at radius 2 is 2.10 bits per heavy atom. The molecule has 0 bridgehead atoms. The highest BCUT2D eigenvalue weighted by Gasteiger charge is 2.52. The number of fused-ring (bicyclic) bond motifs is 1. The second kappa shape index (κ2) is 9.20. The van der Waals surface area contributed by atoms with Crippen LogP contribution in [0.4, 0.5) is 0 Å². The fourth-order valence-electron chi connectivity index (χ4n) is 5.23. The van der Waals surface area contributed by atoms with Crippen LogP contribution in [0.25, 0.3) is 0 Å². The van der Waals surface area contributed by atoms with E-state index in [0.29, 0.717) is 18.3 Å². The first-order valence-electron chi connectivity index (χ1n) is 10.7. The van der Waals surface area contributed by atoms with Crippen molar-refractivity contribution in [3.63, 3.8) is 0 Å². The van der Waals surface area contributed by atoms with Gasteiger partial charge in [-0.05, 0) is 61.3 Å². The van der Waals surface area contributed by atoms with Crippen LogP contribution in [0.5, 0.6) is 0 Å². The van der Waals surface area contributed by atoms with Crippen LogP contribution >= 0.6 is 11.6 Å². The number of aliphatic hydroxyl groups is 1. The summed E-state index contributed by atoms with van der Waals surface area (Å²) in [7, 11) is 0. The summed E-state index contributed by atoms with van der Waals surface area (Å²) in [5.41, 5.74) is 1.34. The van der Waals surface area contributed by atoms with E-state index in [-0.39, 0.29) is 23.9 Å². The van der Waals surface area contributed by atoms with Gasteiger partial charge in [-0.15, -0.1) is 0 Å². The highest BCUT2D eigenvalue weighted by molar-refractivity contribution is 6.31. The Morgan fingerprint density at radius 1 is 1.38 bits per heavy atom. The van der Waals surface area contributed by atoms with Crippen LogP contribution in [0.2, 0.25) is 5.02 Å². The third-order valence-corrected chi connectivity index (χ3v) is 7.44. The zero-order valence-electron chi connectivity index (χ0n) is 18.0. The summed E-state index contributed by atoms with van der Waals surface area (Å²) < 4.78 is 5.49. The topological polar surface area (TPSA) is 58.6 Å². The highest BCUT2D eigenvalue weighted by atomic mass is 35.5. The minimum atomic E-state index is -0.820. The van der Waals surface area contributed by atoms with Gasteiger partial charge < -0.3 is 15.2 Å².